The molecule has 0 saturated heterocycles. The summed E-state index contributed by atoms with van der Waals surface area (Å²) in [5.41, 5.74) is 5.65. The Morgan fingerprint density at radius 3 is 2.33 bits per heavy atom. The second-order valence-corrected chi connectivity index (χ2v) is 5.42. The van der Waals surface area contributed by atoms with E-state index < -0.39 is 17.6 Å². The van der Waals surface area contributed by atoms with Crippen molar-refractivity contribution in [3.05, 3.63) is 12.2 Å². The maximum absolute atomic E-state index is 11.5. The van der Waals surface area contributed by atoms with Crippen molar-refractivity contribution in [2.24, 2.45) is 5.73 Å². The maximum atomic E-state index is 11.5. The lowest BCUT2D eigenvalue weighted by molar-refractivity contribution is -0.155. The molecule has 0 spiro atoms. The van der Waals surface area contributed by atoms with Crippen LogP contribution in [0.5, 0.6) is 0 Å². The van der Waals surface area contributed by atoms with Gasteiger partial charge in [-0.3, -0.25) is 9.59 Å². The summed E-state index contributed by atoms with van der Waals surface area (Å²) in [7, 11) is 0. The van der Waals surface area contributed by atoms with Gasteiger partial charge in [0, 0.05) is 13.0 Å². The van der Waals surface area contributed by atoms with Crippen molar-refractivity contribution in [1.29, 1.82) is 0 Å². The molecule has 0 fully saturated rings. The zero-order chi connectivity index (χ0) is 14.3. The van der Waals surface area contributed by atoms with E-state index in [1.807, 2.05) is 6.92 Å². The second kappa shape index (κ2) is 7.16. The molecule has 0 aromatic carbocycles. The molecule has 0 rings (SSSR count). The zero-order valence-corrected chi connectivity index (χ0v) is 11.7. The van der Waals surface area contributed by atoms with E-state index in [0.29, 0.717) is 13.0 Å². The highest BCUT2D eigenvalue weighted by Crippen LogP contribution is 2.10. The SMILES string of the molecule is C=C(C)CNC(CCC(=O)OC(C)(C)C)C(N)=O. The number of esters is 1. The number of ether oxygens (including phenoxy) is 1. The van der Waals surface area contributed by atoms with Gasteiger partial charge in [0.15, 0.2) is 0 Å². The van der Waals surface area contributed by atoms with Crippen LogP contribution in [-0.2, 0) is 14.3 Å². The van der Waals surface area contributed by atoms with Gasteiger partial charge >= 0.3 is 5.97 Å². The standard InChI is InChI=1S/C13H24N2O3/c1-9(2)8-15-10(12(14)17)6-7-11(16)18-13(3,4)5/h10,15H,1,6-8H2,2-5H3,(H2,14,17). The van der Waals surface area contributed by atoms with Gasteiger partial charge in [0.25, 0.3) is 0 Å². The first-order valence-electron chi connectivity index (χ1n) is 6.00. The van der Waals surface area contributed by atoms with Gasteiger partial charge in [-0.15, -0.1) is 0 Å². The molecule has 1 atom stereocenters. The summed E-state index contributed by atoms with van der Waals surface area (Å²) in [5, 5.41) is 2.95. The third-order valence-corrected chi connectivity index (χ3v) is 2.05. The van der Waals surface area contributed by atoms with Gasteiger partial charge in [-0.2, -0.15) is 0 Å². The maximum Gasteiger partial charge on any atom is 0.306 e. The minimum absolute atomic E-state index is 0.161. The molecule has 5 heteroatoms. The van der Waals surface area contributed by atoms with Gasteiger partial charge in [0.2, 0.25) is 5.91 Å². The zero-order valence-electron chi connectivity index (χ0n) is 11.7. The van der Waals surface area contributed by atoms with Crippen molar-refractivity contribution in [3.63, 3.8) is 0 Å². The quantitative estimate of drug-likeness (QED) is 0.528. The lowest BCUT2D eigenvalue weighted by Gasteiger charge is -2.20. The highest BCUT2D eigenvalue weighted by molar-refractivity contribution is 5.80. The minimum atomic E-state index is -0.533. The monoisotopic (exact) mass is 256 g/mol. The predicted molar refractivity (Wildman–Crippen MR) is 70.9 cm³/mol. The van der Waals surface area contributed by atoms with E-state index in [1.165, 1.54) is 0 Å². The number of nitrogens with one attached hydrogen (secondary N) is 1. The van der Waals surface area contributed by atoms with E-state index in [-0.39, 0.29) is 12.4 Å². The van der Waals surface area contributed by atoms with Crippen LogP contribution >= 0.6 is 0 Å². The highest BCUT2D eigenvalue weighted by Gasteiger charge is 2.20. The van der Waals surface area contributed by atoms with Crippen LogP contribution in [0, 0.1) is 0 Å². The van der Waals surface area contributed by atoms with E-state index in [4.69, 9.17) is 10.5 Å². The minimum Gasteiger partial charge on any atom is -0.460 e. The van der Waals surface area contributed by atoms with E-state index in [2.05, 4.69) is 11.9 Å². The summed E-state index contributed by atoms with van der Waals surface area (Å²) in [6, 6.07) is -0.533. The molecule has 0 aliphatic heterocycles. The number of primary amides is 1. The molecule has 104 valence electrons. The Labute approximate surface area is 109 Å². The molecule has 0 radical (unpaired) electrons. The van der Waals surface area contributed by atoms with Crippen LogP contribution in [0.2, 0.25) is 0 Å². The average molecular weight is 256 g/mol. The third kappa shape index (κ3) is 8.75. The average Bonchev–Trinajstić information content (AvgIpc) is 2.13. The Kier molecular flexibility index (Phi) is 6.62. The molecule has 0 saturated carbocycles. The first-order valence-corrected chi connectivity index (χ1v) is 6.00. The van der Waals surface area contributed by atoms with Crippen molar-refractivity contribution < 1.29 is 14.3 Å². The van der Waals surface area contributed by atoms with Crippen molar-refractivity contribution in [3.8, 4) is 0 Å². The van der Waals surface area contributed by atoms with Crippen LogP contribution < -0.4 is 11.1 Å². The summed E-state index contributed by atoms with van der Waals surface area (Å²) < 4.78 is 5.16. The Morgan fingerprint density at radius 2 is 1.94 bits per heavy atom. The van der Waals surface area contributed by atoms with Crippen LogP contribution in [-0.4, -0.2) is 30.1 Å². The van der Waals surface area contributed by atoms with Crippen LogP contribution in [0.3, 0.4) is 0 Å². The van der Waals surface area contributed by atoms with E-state index >= 15 is 0 Å². The summed E-state index contributed by atoms with van der Waals surface area (Å²) in [6.07, 6.45) is 0.492. The Hall–Kier alpha value is -1.36. The van der Waals surface area contributed by atoms with Crippen molar-refractivity contribution in [2.75, 3.05) is 6.54 Å². The van der Waals surface area contributed by atoms with E-state index in [1.54, 1.807) is 20.8 Å². The fraction of sp³-hybridized carbons (Fsp3) is 0.692. The van der Waals surface area contributed by atoms with Gasteiger partial charge in [-0.25, -0.2) is 0 Å². The Balaban J connectivity index is 4.15. The lowest BCUT2D eigenvalue weighted by Crippen LogP contribution is -2.42. The van der Waals surface area contributed by atoms with E-state index in [9.17, 15) is 9.59 Å². The largest absolute Gasteiger partial charge is 0.460 e. The van der Waals surface area contributed by atoms with Crippen LogP contribution in [0.4, 0.5) is 0 Å². The summed E-state index contributed by atoms with van der Waals surface area (Å²) in [6.45, 7) is 11.5. The molecular weight excluding hydrogens is 232 g/mol. The van der Waals surface area contributed by atoms with Crippen LogP contribution in [0.25, 0.3) is 0 Å². The number of hydrogen-bond donors (Lipinski definition) is 2. The van der Waals surface area contributed by atoms with Crippen molar-refractivity contribution in [1.82, 2.24) is 5.32 Å². The van der Waals surface area contributed by atoms with Crippen molar-refractivity contribution >= 4 is 11.9 Å². The summed E-state index contributed by atoms with van der Waals surface area (Å²) in [4.78, 5) is 22.7. The fourth-order valence-electron chi connectivity index (χ4n) is 1.30. The molecule has 0 aliphatic carbocycles. The second-order valence-electron chi connectivity index (χ2n) is 5.42. The van der Waals surface area contributed by atoms with Gasteiger partial charge in [0.05, 0.1) is 6.04 Å². The number of hydrogen-bond acceptors (Lipinski definition) is 4. The molecule has 0 heterocycles. The molecule has 5 nitrogen and oxygen atoms in total. The topological polar surface area (TPSA) is 81.4 Å². The molecular formula is C13H24N2O3. The predicted octanol–water partition coefficient (Wildman–Crippen LogP) is 1.13. The molecule has 18 heavy (non-hydrogen) atoms. The third-order valence-electron chi connectivity index (χ3n) is 2.05. The first kappa shape index (κ1) is 16.6. The van der Waals surface area contributed by atoms with Gasteiger partial charge in [-0.05, 0) is 34.1 Å². The summed E-state index contributed by atoms with van der Waals surface area (Å²) >= 11 is 0. The molecule has 0 bridgehead atoms. The number of rotatable bonds is 7. The van der Waals surface area contributed by atoms with Crippen molar-refractivity contribution in [2.45, 2.75) is 52.2 Å². The summed E-state index contributed by atoms with van der Waals surface area (Å²) in [5.74, 6) is -0.800. The van der Waals surface area contributed by atoms with Gasteiger partial charge < -0.3 is 15.8 Å². The smallest absolute Gasteiger partial charge is 0.306 e. The molecule has 1 unspecified atom stereocenters. The van der Waals surface area contributed by atoms with Crippen LogP contribution in [0.15, 0.2) is 12.2 Å². The molecule has 0 aromatic rings. The van der Waals surface area contributed by atoms with E-state index in [0.717, 1.165) is 5.57 Å². The van der Waals surface area contributed by atoms with Gasteiger partial charge in [-0.1, -0.05) is 12.2 Å². The molecule has 1 amide bonds. The first-order chi connectivity index (χ1) is 8.11. The lowest BCUT2D eigenvalue weighted by atomic mass is 10.1. The van der Waals surface area contributed by atoms with Crippen LogP contribution in [0.1, 0.15) is 40.5 Å². The van der Waals surface area contributed by atoms with Gasteiger partial charge in [0.1, 0.15) is 5.60 Å². The number of carbonyl (C=O) groups is 2. The molecule has 3 N–H and O–H groups in total. The molecule has 0 aromatic heterocycles. The number of carbonyl (C=O) groups excluding carboxylic acids is 2. The Morgan fingerprint density at radius 1 is 1.39 bits per heavy atom. The Bertz CT molecular complexity index is 319. The normalized spacial score (nSPS) is 12.9. The number of nitrogens with two attached hydrogens (primary N) is 1. The fourth-order valence-corrected chi connectivity index (χ4v) is 1.30. The number of amides is 1. The highest BCUT2D eigenvalue weighted by atomic mass is 16.6. The molecule has 0 aliphatic rings.